The number of rotatable bonds is 10. The monoisotopic (exact) mass is 528 g/mol. The quantitative estimate of drug-likeness (QED) is 0.373. The van der Waals surface area contributed by atoms with Crippen molar-refractivity contribution in [2.24, 2.45) is 4.99 Å². The van der Waals surface area contributed by atoms with Gasteiger partial charge in [0.2, 0.25) is 0 Å². The number of likely N-dealkylation sites (N-methyl/N-ethyl adjacent to an activating group) is 1. The Morgan fingerprint density at radius 3 is 2.49 bits per heavy atom. The molecule has 1 aromatic carbocycles. The van der Waals surface area contributed by atoms with Gasteiger partial charge in [-0.15, -0.1) is 0 Å². The van der Waals surface area contributed by atoms with Gasteiger partial charge in [0.1, 0.15) is 22.2 Å². The molecule has 0 saturated heterocycles. The number of aromatic amines is 1. The van der Waals surface area contributed by atoms with E-state index in [1.165, 1.54) is 24.3 Å². The van der Waals surface area contributed by atoms with Crippen molar-refractivity contribution in [1.82, 2.24) is 15.2 Å². The molecule has 0 bridgehead atoms. The van der Waals surface area contributed by atoms with Gasteiger partial charge in [-0.1, -0.05) is 25.6 Å². The molecule has 37 heavy (non-hydrogen) atoms. The largest absolute Gasteiger partial charge is 0.506 e. The summed E-state index contributed by atoms with van der Waals surface area (Å²) in [6.45, 7) is 12.7. The summed E-state index contributed by atoms with van der Waals surface area (Å²) >= 11 is 1.10. The van der Waals surface area contributed by atoms with E-state index in [4.69, 9.17) is 4.74 Å². The SMILES string of the molecule is CCOC(=O)C1=C(O)/C(=C\c2[nH]c(C)c(C(=O)NCCN(CC)CC)c2C)SC1=Nc1ccc(F)cc1. The molecule has 3 rings (SSSR count). The van der Waals surface area contributed by atoms with Crippen LogP contribution in [0.5, 0.6) is 0 Å². The van der Waals surface area contributed by atoms with Crippen LogP contribution in [0, 0.1) is 19.7 Å². The van der Waals surface area contributed by atoms with Crippen LogP contribution < -0.4 is 5.32 Å². The number of H-pyrrole nitrogens is 1. The highest BCUT2D eigenvalue weighted by atomic mass is 32.2. The topological polar surface area (TPSA) is 107 Å². The van der Waals surface area contributed by atoms with Crippen LogP contribution in [0.1, 0.15) is 48.1 Å². The van der Waals surface area contributed by atoms with Crippen molar-refractivity contribution >= 4 is 40.4 Å². The smallest absolute Gasteiger partial charge is 0.344 e. The molecule has 0 atom stereocenters. The number of esters is 1. The lowest BCUT2D eigenvalue weighted by atomic mass is 10.1. The molecule has 1 amide bonds. The van der Waals surface area contributed by atoms with Crippen molar-refractivity contribution in [3.63, 3.8) is 0 Å². The molecular weight excluding hydrogens is 495 g/mol. The van der Waals surface area contributed by atoms with Gasteiger partial charge in [-0.2, -0.15) is 0 Å². The van der Waals surface area contributed by atoms with E-state index >= 15 is 0 Å². The Labute approximate surface area is 220 Å². The van der Waals surface area contributed by atoms with Crippen molar-refractivity contribution in [3.8, 4) is 0 Å². The molecule has 8 nitrogen and oxygen atoms in total. The van der Waals surface area contributed by atoms with Gasteiger partial charge < -0.3 is 25.0 Å². The number of nitrogens with one attached hydrogen (secondary N) is 2. The Morgan fingerprint density at radius 2 is 1.86 bits per heavy atom. The van der Waals surface area contributed by atoms with Crippen molar-refractivity contribution < 1.29 is 23.8 Å². The van der Waals surface area contributed by atoms with Gasteiger partial charge >= 0.3 is 5.97 Å². The summed E-state index contributed by atoms with van der Waals surface area (Å²) in [7, 11) is 0. The van der Waals surface area contributed by atoms with Crippen LogP contribution >= 0.6 is 11.8 Å². The van der Waals surface area contributed by atoms with Crippen LogP contribution in [0.2, 0.25) is 0 Å². The zero-order chi connectivity index (χ0) is 27.1. The van der Waals surface area contributed by atoms with Gasteiger partial charge in [-0.3, -0.25) is 4.79 Å². The Bertz CT molecular complexity index is 1240. The molecule has 3 N–H and O–H groups in total. The van der Waals surface area contributed by atoms with Gasteiger partial charge in [-0.25, -0.2) is 14.2 Å². The minimum absolute atomic E-state index is 0.0577. The van der Waals surface area contributed by atoms with Gasteiger partial charge in [0.15, 0.2) is 0 Å². The Morgan fingerprint density at radius 1 is 1.19 bits per heavy atom. The summed E-state index contributed by atoms with van der Waals surface area (Å²) in [5.41, 5.74) is 2.96. The summed E-state index contributed by atoms with van der Waals surface area (Å²) < 4.78 is 18.4. The van der Waals surface area contributed by atoms with Crippen molar-refractivity contribution in [1.29, 1.82) is 0 Å². The van der Waals surface area contributed by atoms with Crippen molar-refractivity contribution in [3.05, 3.63) is 68.8 Å². The maximum Gasteiger partial charge on any atom is 0.344 e. The third kappa shape index (κ3) is 6.69. The second-order valence-electron chi connectivity index (χ2n) is 8.39. The standard InChI is InChI=1S/C27H33FN4O4S/c1-6-32(7-2)14-13-29-25(34)22-16(4)20(30-17(22)5)15-21-24(33)23(27(35)36-8-3)26(37-21)31-19-11-9-18(28)10-12-19/h9-12,15,30,33H,6-8,13-14H2,1-5H3,(H,29,34)/b21-15+,31-26?. The number of aliphatic hydroxyl groups is 1. The minimum Gasteiger partial charge on any atom is -0.506 e. The summed E-state index contributed by atoms with van der Waals surface area (Å²) in [5.74, 6) is -1.55. The number of halogens is 1. The van der Waals surface area contributed by atoms with E-state index in [0.717, 1.165) is 37.0 Å². The molecule has 0 radical (unpaired) electrons. The number of ether oxygens (including phenoxy) is 1. The summed E-state index contributed by atoms with van der Waals surface area (Å²) in [5, 5.41) is 14.2. The number of aromatic nitrogens is 1. The maximum absolute atomic E-state index is 13.3. The zero-order valence-corrected chi connectivity index (χ0v) is 22.6. The Hall–Kier alpha value is -3.37. The molecule has 2 heterocycles. The number of carbonyl (C=O) groups is 2. The highest BCUT2D eigenvalue weighted by Gasteiger charge is 2.33. The molecule has 0 aliphatic carbocycles. The molecule has 1 aromatic heterocycles. The van der Waals surface area contributed by atoms with E-state index in [9.17, 15) is 19.1 Å². The van der Waals surface area contributed by atoms with Crippen LogP contribution in [-0.4, -0.2) is 64.7 Å². The van der Waals surface area contributed by atoms with E-state index in [1.54, 1.807) is 13.0 Å². The lowest BCUT2D eigenvalue weighted by Gasteiger charge is -2.18. The van der Waals surface area contributed by atoms with E-state index in [0.29, 0.717) is 34.1 Å². The second-order valence-corrected chi connectivity index (χ2v) is 9.43. The molecule has 1 aliphatic rings. The van der Waals surface area contributed by atoms with E-state index in [-0.39, 0.29) is 28.9 Å². The predicted molar refractivity (Wildman–Crippen MR) is 146 cm³/mol. The zero-order valence-electron chi connectivity index (χ0n) is 21.8. The van der Waals surface area contributed by atoms with Gasteiger partial charge in [0.05, 0.1) is 22.8 Å². The lowest BCUT2D eigenvalue weighted by Crippen LogP contribution is -2.35. The first-order chi connectivity index (χ1) is 17.7. The fourth-order valence-electron chi connectivity index (χ4n) is 3.97. The first kappa shape index (κ1) is 28.2. The fraction of sp³-hybridized carbons (Fsp3) is 0.370. The molecule has 0 saturated carbocycles. The number of carbonyl (C=O) groups excluding carboxylic acids is 2. The number of hydrogen-bond acceptors (Lipinski definition) is 7. The number of benzene rings is 1. The average molecular weight is 529 g/mol. The molecule has 2 aromatic rings. The van der Waals surface area contributed by atoms with Crippen LogP contribution in [0.15, 0.2) is 45.5 Å². The third-order valence-corrected chi connectivity index (χ3v) is 7.03. The van der Waals surface area contributed by atoms with E-state index in [1.807, 2.05) is 13.8 Å². The second kappa shape index (κ2) is 12.7. The van der Waals surface area contributed by atoms with Crippen molar-refractivity contribution in [2.45, 2.75) is 34.6 Å². The minimum atomic E-state index is -0.704. The average Bonchev–Trinajstić information content (AvgIpc) is 3.32. The predicted octanol–water partition coefficient (Wildman–Crippen LogP) is 5.04. The molecule has 1 aliphatic heterocycles. The number of amides is 1. The third-order valence-electron chi connectivity index (χ3n) is 6.01. The number of hydrogen-bond donors (Lipinski definition) is 3. The number of aryl methyl sites for hydroxylation is 1. The fourth-order valence-corrected chi connectivity index (χ4v) is 4.99. The van der Waals surface area contributed by atoms with Crippen LogP contribution in [-0.2, 0) is 9.53 Å². The van der Waals surface area contributed by atoms with E-state index < -0.39 is 11.8 Å². The van der Waals surface area contributed by atoms with Crippen molar-refractivity contribution in [2.75, 3.05) is 32.8 Å². The van der Waals surface area contributed by atoms with E-state index in [2.05, 4.69) is 34.0 Å². The molecule has 0 fully saturated rings. The first-order valence-corrected chi connectivity index (χ1v) is 13.1. The van der Waals surface area contributed by atoms with Gasteiger partial charge in [0, 0.05) is 24.5 Å². The first-order valence-electron chi connectivity index (χ1n) is 12.2. The number of nitrogens with zero attached hydrogens (tertiary/aromatic N) is 2. The van der Waals surface area contributed by atoms with Gasteiger partial charge in [0.25, 0.3) is 5.91 Å². The summed E-state index contributed by atoms with van der Waals surface area (Å²) in [4.78, 5) is 35.8. The number of aliphatic imine (C=N–C) groups is 1. The maximum atomic E-state index is 13.3. The summed E-state index contributed by atoms with van der Waals surface area (Å²) in [6.07, 6.45) is 1.68. The number of thioether (sulfide) groups is 1. The Balaban J connectivity index is 1.91. The summed E-state index contributed by atoms with van der Waals surface area (Å²) in [6, 6.07) is 5.49. The van der Waals surface area contributed by atoms with Crippen LogP contribution in [0.3, 0.4) is 0 Å². The molecule has 0 unspecified atom stereocenters. The van der Waals surface area contributed by atoms with Crippen LogP contribution in [0.4, 0.5) is 10.1 Å². The normalized spacial score (nSPS) is 15.8. The highest BCUT2D eigenvalue weighted by molar-refractivity contribution is 8.18. The molecule has 10 heteroatoms. The molecular formula is C27H33FN4O4S. The lowest BCUT2D eigenvalue weighted by molar-refractivity contribution is -0.138. The molecule has 198 valence electrons. The van der Waals surface area contributed by atoms with Gasteiger partial charge in [-0.05, 0) is 69.8 Å². The Kier molecular flexibility index (Phi) is 9.71. The molecule has 0 spiro atoms. The van der Waals surface area contributed by atoms with Crippen LogP contribution in [0.25, 0.3) is 6.08 Å². The number of aliphatic hydroxyl groups excluding tert-OH is 1. The highest BCUT2D eigenvalue weighted by Crippen LogP contribution is 2.40.